The van der Waals surface area contributed by atoms with Gasteiger partial charge in [0, 0.05) is 23.6 Å². The van der Waals surface area contributed by atoms with E-state index >= 15 is 0 Å². The number of phenols is 1. The molecule has 1 aromatic heterocycles. The topological polar surface area (TPSA) is 90.4 Å². The molecule has 0 radical (unpaired) electrons. The van der Waals surface area contributed by atoms with Crippen molar-refractivity contribution in [1.29, 1.82) is 0 Å². The zero-order valence-electron chi connectivity index (χ0n) is 17.9. The Morgan fingerprint density at radius 2 is 1.85 bits per heavy atom. The second kappa shape index (κ2) is 9.85. The lowest BCUT2D eigenvalue weighted by molar-refractivity contribution is -0.137. The Hall–Kier alpha value is -3.69. The average Bonchev–Trinajstić information content (AvgIpc) is 3.22. The molecule has 1 heterocycles. The molecule has 0 unspecified atom stereocenters. The molecule has 1 amide bonds. The van der Waals surface area contributed by atoms with Crippen LogP contribution in [0.3, 0.4) is 0 Å². The van der Waals surface area contributed by atoms with Crippen molar-refractivity contribution in [2.45, 2.75) is 32.9 Å². The SMILES string of the molecule is CC(C)CCC(=Nc1cc(-c2ccc(O)c(F)c2)[nH]n1)NC(=O)c1ccc(C(F)(F)F)cc1. The van der Waals surface area contributed by atoms with Crippen LogP contribution < -0.4 is 5.32 Å². The van der Waals surface area contributed by atoms with Crippen molar-refractivity contribution >= 4 is 17.6 Å². The number of aromatic amines is 1. The van der Waals surface area contributed by atoms with Crippen molar-refractivity contribution < 1.29 is 27.5 Å². The number of hydrogen-bond donors (Lipinski definition) is 3. The fourth-order valence-corrected chi connectivity index (χ4v) is 2.91. The van der Waals surface area contributed by atoms with Crippen LogP contribution in [0.25, 0.3) is 11.3 Å². The Morgan fingerprint density at radius 1 is 1.15 bits per heavy atom. The number of nitrogens with one attached hydrogen (secondary N) is 2. The summed E-state index contributed by atoms with van der Waals surface area (Å²) in [4.78, 5) is 16.9. The predicted molar refractivity (Wildman–Crippen MR) is 116 cm³/mol. The van der Waals surface area contributed by atoms with Gasteiger partial charge in [0.15, 0.2) is 17.4 Å². The van der Waals surface area contributed by atoms with Crippen LogP contribution in [0.4, 0.5) is 23.4 Å². The maximum atomic E-state index is 13.6. The Morgan fingerprint density at radius 3 is 2.45 bits per heavy atom. The number of amidine groups is 1. The molecule has 174 valence electrons. The molecule has 10 heteroatoms. The molecule has 0 spiro atoms. The van der Waals surface area contributed by atoms with Crippen LogP contribution >= 0.6 is 0 Å². The quantitative estimate of drug-likeness (QED) is 0.244. The summed E-state index contributed by atoms with van der Waals surface area (Å²) < 4.78 is 51.9. The summed E-state index contributed by atoms with van der Waals surface area (Å²) in [5, 5.41) is 18.8. The zero-order valence-corrected chi connectivity index (χ0v) is 17.9. The zero-order chi connectivity index (χ0) is 24.2. The Balaban J connectivity index is 1.81. The molecule has 3 N–H and O–H groups in total. The second-order valence-corrected chi connectivity index (χ2v) is 7.83. The highest BCUT2D eigenvalue weighted by Gasteiger charge is 2.30. The molecule has 0 saturated carbocycles. The number of nitrogens with zero attached hydrogens (tertiary/aromatic N) is 2. The van der Waals surface area contributed by atoms with Crippen molar-refractivity contribution in [1.82, 2.24) is 15.5 Å². The highest BCUT2D eigenvalue weighted by atomic mass is 19.4. The van der Waals surface area contributed by atoms with Crippen molar-refractivity contribution in [3.63, 3.8) is 0 Å². The van der Waals surface area contributed by atoms with Gasteiger partial charge in [-0.15, -0.1) is 0 Å². The van der Waals surface area contributed by atoms with Gasteiger partial charge >= 0.3 is 6.18 Å². The smallest absolute Gasteiger partial charge is 0.416 e. The summed E-state index contributed by atoms with van der Waals surface area (Å²) in [6.07, 6.45) is -3.39. The number of benzene rings is 2. The van der Waals surface area contributed by atoms with E-state index in [4.69, 9.17) is 0 Å². The van der Waals surface area contributed by atoms with E-state index in [0.717, 1.165) is 30.3 Å². The number of H-pyrrole nitrogens is 1. The van der Waals surface area contributed by atoms with E-state index in [1.54, 1.807) is 6.07 Å². The van der Waals surface area contributed by atoms with Crippen LogP contribution in [-0.4, -0.2) is 27.0 Å². The summed E-state index contributed by atoms with van der Waals surface area (Å²) in [5.74, 6) is -1.02. The molecule has 0 fully saturated rings. The number of halogens is 4. The van der Waals surface area contributed by atoms with Crippen LogP contribution in [0, 0.1) is 11.7 Å². The van der Waals surface area contributed by atoms with Gasteiger partial charge in [0.1, 0.15) is 5.84 Å². The van der Waals surface area contributed by atoms with E-state index in [1.165, 1.54) is 12.1 Å². The number of hydrogen-bond acceptors (Lipinski definition) is 4. The minimum absolute atomic E-state index is 0.0579. The number of phenolic OH excluding ortho intramolecular Hbond substituents is 1. The van der Waals surface area contributed by atoms with E-state index in [-0.39, 0.29) is 11.4 Å². The van der Waals surface area contributed by atoms with E-state index in [0.29, 0.717) is 35.9 Å². The van der Waals surface area contributed by atoms with Crippen LogP contribution in [-0.2, 0) is 6.18 Å². The van der Waals surface area contributed by atoms with E-state index in [9.17, 15) is 27.5 Å². The fraction of sp³-hybridized carbons (Fsp3) is 0.261. The third-order valence-electron chi connectivity index (χ3n) is 4.76. The van der Waals surface area contributed by atoms with E-state index in [2.05, 4.69) is 20.5 Å². The monoisotopic (exact) mass is 462 g/mol. The van der Waals surface area contributed by atoms with Crippen molar-refractivity contribution in [2.24, 2.45) is 10.9 Å². The molecule has 0 saturated heterocycles. The number of alkyl halides is 3. The van der Waals surface area contributed by atoms with Gasteiger partial charge in [0.05, 0.1) is 11.3 Å². The second-order valence-electron chi connectivity index (χ2n) is 7.83. The maximum absolute atomic E-state index is 13.6. The minimum Gasteiger partial charge on any atom is -0.505 e. The van der Waals surface area contributed by atoms with E-state index < -0.39 is 29.2 Å². The van der Waals surface area contributed by atoms with Crippen LogP contribution in [0.15, 0.2) is 53.5 Å². The number of aromatic hydroxyl groups is 1. The van der Waals surface area contributed by atoms with Gasteiger partial charge in [-0.05, 0) is 54.8 Å². The first-order chi connectivity index (χ1) is 15.5. The summed E-state index contributed by atoms with van der Waals surface area (Å²) in [5.41, 5.74) is 0.103. The average molecular weight is 462 g/mol. The Kier molecular flexibility index (Phi) is 7.15. The first kappa shape index (κ1) is 24.0. The number of aromatic nitrogens is 2. The molecule has 0 aliphatic rings. The van der Waals surface area contributed by atoms with Gasteiger partial charge in [0.2, 0.25) is 0 Å². The fourth-order valence-electron chi connectivity index (χ4n) is 2.91. The normalized spacial score (nSPS) is 12.3. The molecule has 3 aromatic rings. The first-order valence-corrected chi connectivity index (χ1v) is 10.1. The van der Waals surface area contributed by atoms with Gasteiger partial charge in [-0.2, -0.15) is 18.3 Å². The van der Waals surface area contributed by atoms with Crippen LogP contribution in [0.1, 0.15) is 42.6 Å². The molecule has 0 aliphatic heterocycles. The number of aliphatic imine (C=N–C) groups is 1. The highest BCUT2D eigenvalue weighted by molar-refractivity contribution is 6.06. The first-order valence-electron chi connectivity index (χ1n) is 10.1. The van der Waals surface area contributed by atoms with Crippen LogP contribution in [0.5, 0.6) is 5.75 Å². The summed E-state index contributed by atoms with van der Waals surface area (Å²) in [6.45, 7) is 4.00. The summed E-state index contributed by atoms with van der Waals surface area (Å²) in [6, 6.07) is 9.30. The molecular formula is C23H22F4N4O2. The third kappa shape index (κ3) is 6.41. The molecule has 0 bridgehead atoms. The van der Waals surface area contributed by atoms with Gasteiger partial charge < -0.3 is 10.4 Å². The number of amides is 1. The van der Waals surface area contributed by atoms with Crippen LogP contribution in [0.2, 0.25) is 0 Å². The molecule has 6 nitrogen and oxygen atoms in total. The van der Waals surface area contributed by atoms with Crippen molar-refractivity contribution in [2.75, 3.05) is 0 Å². The maximum Gasteiger partial charge on any atom is 0.416 e. The molecular weight excluding hydrogens is 440 g/mol. The summed E-state index contributed by atoms with van der Waals surface area (Å²) in [7, 11) is 0. The van der Waals surface area contributed by atoms with Gasteiger partial charge in [0.25, 0.3) is 5.91 Å². The summed E-state index contributed by atoms with van der Waals surface area (Å²) >= 11 is 0. The number of carbonyl (C=O) groups is 1. The predicted octanol–water partition coefficient (Wildman–Crippen LogP) is 5.84. The van der Waals surface area contributed by atoms with Crippen molar-refractivity contribution in [3.05, 3.63) is 65.5 Å². The number of carbonyl (C=O) groups excluding carboxylic acids is 1. The van der Waals surface area contributed by atoms with E-state index in [1.807, 2.05) is 13.8 Å². The third-order valence-corrected chi connectivity index (χ3v) is 4.76. The molecule has 33 heavy (non-hydrogen) atoms. The Labute approximate surface area is 187 Å². The van der Waals surface area contributed by atoms with Crippen molar-refractivity contribution in [3.8, 4) is 17.0 Å². The molecule has 0 aliphatic carbocycles. The highest BCUT2D eigenvalue weighted by Crippen LogP contribution is 2.29. The lowest BCUT2D eigenvalue weighted by Gasteiger charge is -2.11. The lowest BCUT2D eigenvalue weighted by atomic mass is 10.1. The van der Waals surface area contributed by atoms with Gasteiger partial charge in [-0.1, -0.05) is 13.8 Å². The standard InChI is InChI=1S/C23H22F4N4O2/c1-13(2)3-10-20(29-22(33)14-4-7-16(8-5-14)23(25,26)27)28-21-12-18(30-31-21)15-6-9-19(32)17(24)11-15/h4-9,11-13,32H,3,10H2,1-2H3,(H2,28,29,30,31,33). The number of rotatable bonds is 6. The minimum atomic E-state index is -4.49. The molecule has 3 rings (SSSR count). The molecule has 2 aromatic carbocycles. The lowest BCUT2D eigenvalue weighted by Crippen LogP contribution is -2.30. The van der Waals surface area contributed by atoms with Gasteiger partial charge in [-0.3, -0.25) is 9.89 Å². The molecule has 0 atom stereocenters. The van der Waals surface area contributed by atoms with Gasteiger partial charge in [-0.25, -0.2) is 9.38 Å². The largest absolute Gasteiger partial charge is 0.505 e. The Bertz CT molecular complexity index is 1150.